The van der Waals surface area contributed by atoms with E-state index in [1.54, 1.807) is 24.3 Å². The van der Waals surface area contributed by atoms with Gasteiger partial charge in [0.2, 0.25) is 0 Å². The Bertz CT molecular complexity index is 883. The van der Waals surface area contributed by atoms with E-state index in [0.717, 1.165) is 17.6 Å². The molecule has 0 atom stereocenters. The number of hydrogen-bond acceptors (Lipinski definition) is 3. The van der Waals surface area contributed by atoms with Gasteiger partial charge < -0.3 is 5.32 Å². The fourth-order valence-corrected chi connectivity index (χ4v) is 4.11. The summed E-state index contributed by atoms with van der Waals surface area (Å²) in [7, 11) is -3.61. The van der Waals surface area contributed by atoms with Crippen LogP contribution in [0.3, 0.4) is 0 Å². The van der Waals surface area contributed by atoms with E-state index in [1.165, 1.54) is 3.97 Å². The standard InChI is InChI=1S/C17H18N2O2S/c1-2-18-13-15-12-14-8-6-7-11-17(14)19(15)22(20,21)16-9-4-3-5-10-16/h3-12,18H,2,13H2,1H3. The first-order chi connectivity index (χ1) is 10.6. The number of para-hydroxylation sites is 1. The number of aromatic nitrogens is 1. The first-order valence-corrected chi connectivity index (χ1v) is 8.69. The average Bonchev–Trinajstić information content (AvgIpc) is 2.92. The number of rotatable bonds is 5. The van der Waals surface area contributed by atoms with Crippen LogP contribution in [0.1, 0.15) is 12.6 Å². The summed E-state index contributed by atoms with van der Waals surface area (Å²) in [6, 6.07) is 18.0. The van der Waals surface area contributed by atoms with Gasteiger partial charge in [-0.2, -0.15) is 0 Å². The molecule has 0 saturated heterocycles. The van der Waals surface area contributed by atoms with Crippen molar-refractivity contribution in [1.82, 2.24) is 9.29 Å². The van der Waals surface area contributed by atoms with Gasteiger partial charge in [-0.3, -0.25) is 0 Å². The van der Waals surface area contributed by atoms with E-state index >= 15 is 0 Å². The molecule has 0 spiro atoms. The van der Waals surface area contributed by atoms with Gasteiger partial charge in [0.05, 0.1) is 10.4 Å². The zero-order chi connectivity index (χ0) is 15.6. The van der Waals surface area contributed by atoms with Crippen LogP contribution in [0.15, 0.2) is 65.6 Å². The maximum absolute atomic E-state index is 13.0. The van der Waals surface area contributed by atoms with Crippen LogP contribution in [0.2, 0.25) is 0 Å². The van der Waals surface area contributed by atoms with Crippen molar-refractivity contribution in [3.8, 4) is 0 Å². The van der Waals surface area contributed by atoms with Crippen molar-refractivity contribution in [2.24, 2.45) is 0 Å². The van der Waals surface area contributed by atoms with E-state index in [-0.39, 0.29) is 0 Å². The fourth-order valence-electron chi connectivity index (χ4n) is 2.54. The van der Waals surface area contributed by atoms with Gasteiger partial charge in [0.15, 0.2) is 0 Å². The zero-order valence-corrected chi connectivity index (χ0v) is 13.2. The highest BCUT2D eigenvalue weighted by Gasteiger charge is 2.22. The van der Waals surface area contributed by atoms with Gasteiger partial charge in [-0.1, -0.05) is 43.3 Å². The second-order valence-electron chi connectivity index (χ2n) is 5.06. The highest BCUT2D eigenvalue weighted by molar-refractivity contribution is 7.90. The average molecular weight is 314 g/mol. The second-order valence-corrected chi connectivity index (χ2v) is 6.84. The molecule has 4 nitrogen and oxygen atoms in total. The van der Waals surface area contributed by atoms with Crippen molar-refractivity contribution in [3.63, 3.8) is 0 Å². The van der Waals surface area contributed by atoms with Crippen molar-refractivity contribution >= 4 is 20.9 Å². The first kappa shape index (κ1) is 14.8. The molecule has 0 aliphatic heterocycles. The van der Waals surface area contributed by atoms with Crippen LogP contribution in [0, 0.1) is 0 Å². The number of nitrogens with one attached hydrogen (secondary N) is 1. The lowest BCUT2D eigenvalue weighted by Crippen LogP contribution is -2.20. The summed E-state index contributed by atoms with van der Waals surface area (Å²) >= 11 is 0. The molecule has 5 heteroatoms. The molecule has 3 aromatic rings. The minimum atomic E-state index is -3.61. The van der Waals surface area contributed by atoms with Crippen molar-refractivity contribution in [2.75, 3.05) is 6.54 Å². The Labute approximate surface area is 130 Å². The summed E-state index contributed by atoms with van der Waals surface area (Å²) in [6.45, 7) is 3.29. The number of benzene rings is 2. The molecule has 0 fully saturated rings. The quantitative estimate of drug-likeness (QED) is 0.787. The Balaban J connectivity index is 2.24. The molecule has 114 valence electrons. The molecule has 1 heterocycles. The van der Waals surface area contributed by atoms with Crippen molar-refractivity contribution in [3.05, 3.63) is 66.4 Å². The molecule has 2 aromatic carbocycles. The minimum absolute atomic E-state index is 0.300. The predicted octanol–water partition coefficient (Wildman–Crippen LogP) is 2.99. The maximum atomic E-state index is 13.0. The molecule has 0 aliphatic rings. The van der Waals surface area contributed by atoms with Gasteiger partial charge in [0.25, 0.3) is 10.0 Å². The van der Waals surface area contributed by atoms with E-state index in [0.29, 0.717) is 17.0 Å². The molecule has 1 N–H and O–H groups in total. The van der Waals surface area contributed by atoms with Gasteiger partial charge in [0.1, 0.15) is 0 Å². The Hall–Kier alpha value is -2.11. The van der Waals surface area contributed by atoms with Crippen LogP contribution in [-0.2, 0) is 16.6 Å². The summed E-state index contributed by atoms with van der Waals surface area (Å²) < 4.78 is 27.5. The van der Waals surface area contributed by atoms with Crippen LogP contribution in [0.25, 0.3) is 10.9 Å². The third-order valence-electron chi connectivity index (χ3n) is 3.58. The molecule has 0 bridgehead atoms. The number of nitrogens with zero attached hydrogens (tertiary/aromatic N) is 1. The van der Waals surface area contributed by atoms with Crippen LogP contribution < -0.4 is 5.32 Å². The molecule has 3 rings (SSSR count). The Kier molecular flexibility index (Phi) is 4.00. The lowest BCUT2D eigenvalue weighted by molar-refractivity contribution is 0.584. The number of hydrogen-bond donors (Lipinski definition) is 1. The lowest BCUT2D eigenvalue weighted by Gasteiger charge is -2.12. The highest BCUT2D eigenvalue weighted by Crippen LogP contribution is 2.25. The largest absolute Gasteiger partial charge is 0.311 e. The van der Waals surface area contributed by atoms with Gasteiger partial charge in [-0.25, -0.2) is 12.4 Å². The molecule has 0 unspecified atom stereocenters. The normalized spacial score (nSPS) is 11.9. The number of fused-ring (bicyclic) bond motifs is 1. The first-order valence-electron chi connectivity index (χ1n) is 7.25. The van der Waals surface area contributed by atoms with E-state index in [4.69, 9.17) is 0 Å². The molecular formula is C17H18N2O2S. The van der Waals surface area contributed by atoms with Crippen LogP contribution in [0.5, 0.6) is 0 Å². The second kappa shape index (κ2) is 5.94. The van der Waals surface area contributed by atoms with Crippen molar-refractivity contribution in [2.45, 2.75) is 18.4 Å². The van der Waals surface area contributed by atoms with Crippen LogP contribution in [-0.4, -0.2) is 18.9 Å². The summed E-state index contributed by atoms with van der Waals surface area (Å²) in [5, 5.41) is 4.13. The van der Waals surface area contributed by atoms with E-state index in [2.05, 4.69) is 5.32 Å². The Morgan fingerprint density at radius 1 is 1.00 bits per heavy atom. The molecule has 0 aliphatic carbocycles. The van der Waals surface area contributed by atoms with E-state index < -0.39 is 10.0 Å². The van der Waals surface area contributed by atoms with E-state index in [9.17, 15) is 8.42 Å². The Morgan fingerprint density at radius 2 is 1.68 bits per heavy atom. The molecular weight excluding hydrogens is 296 g/mol. The smallest absolute Gasteiger partial charge is 0.268 e. The summed E-state index contributed by atoms with van der Waals surface area (Å²) in [4.78, 5) is 0.300. The lowest BCUT2D eigenvalue weighted by atomic mass is 10.2. The highest BCUT2D eigenvalue weighted by atomic mass is 32.2. The molecule has 1 aromatic heterocycles. The summed E-state index contributed by atoms with van der Waals surface area (Å²) in [6.07, 6.45) is 0. The monoisotopic (exact) mass is 314 g/mol. The summed E-state index contributed by atoms with van der Waals surface area (Å²) in [5.74, 6) is 0. The fraction of sp³-hybridized carbons (Fsp3) is 0.176. The van der Waals surface area contributed by atoms with Gasteiger partial charge >= 0.3 is 0 Å². The van der Waals surface area contributed by atoms with Crippen molar-refractivity contribution < 1.29 is 8.42 Å². The van der Waals surface area contributed by atoms with Gasteiger partial charge in [0, 0.05) is 17.6 Å². The van der Waals surface area contributed by atoms with Gasteiger partial charge in [-0.15, -0.1) is 0 Å². The molecule has 0 radical (unpaired) electrons. The topological polar surface area (TPSA) is 51.1 Å². The third kappa shape index (κ3) is 2.53. The predicted molar refractivity (Wildman–Crippen MR) is 88.3 cm³/mol. The molecule has 0 saturated carbocycles. The SMILES string of the molecule is CCNCc1cc2ccccc2n1S(=O)(=O)c1ccccc1. The van der Waals surface area contributed by atoms with Crippen LogP contribution >= 0.6 is 0 Å². The van der Waals surface area contributed by atoms with Gasteiger partial charge in [-0.05, 0) is 30.8 Å². The van der Waals surface area contributed by atoms with Crippen LogP contribution in [0.4, 0.5) is 0 Å². The maximum Gasteiger partial charge on any atom is 0.268 e. The minimum Gasteiger partial charge on any atom is -0.311 e. The van der Waals surface area contributed by atoms with E-state index in [1.807, 2.05) is 43.3 Å². The molecule has 22 heavy (non-hydrogen) atoms. The van der Waals surface area contributed by atoms with Crippen molar-refractivity contribution in [1.29, 1.82) is 0 Å². The Morgan fingerprint density at radius 3 is 2.41 bits per heavy atom. The zero-order valence-electron chi connectivity index (χ0n) is 12.4. The third-order valence-corrected chi connectivity index (χ3v) is 5.36. The summed E-state index contributed by atoms with van der Waals surface area (Å²) in [5.41, 5.74) is 1.45. The molecule has 0 amide bonds.